The number of methoxy groups -OCH3 is 2. The Hall–Kier alpha value is -2.64. The summed E-state index contributed by atoms with van der Waals surface area (Å²) in [5.41, 5.74) is 1.81. The first-order valence-corrected chi connectivity index (χ1v) is 7.81. The van der Waals surface area contributed by atoms with Crippen molar-refractivity contribution in [3.8, 4) is 0 Å². The van der Waals surface area contributed by atoms with E-state index in [2.05, 4.69) is 20.4 Å². The molecule has 2 rings (SSSR count). The molecule has 1 aromatic heterocycles. The van der Waals surface area contributed by atoms with Crippen LogP contribution in [0, 0.1) is 0 Å². The zero-order valence-corrected chi connectivity index (χ0v) is 14.6. The van der Waals surface area contributed by atoms with Gasteiger partial charge in [-0.1, -0.05) is 11.6 Å². The van der Waals surface area contributed by atoms with Crippen molar-refractivity contribution in [1.29, 1.82) is 0 Å². The van der Waals surface area contributed by atoms with Crippen LogP contribution in [0.25, 0.3) is 0 Å². The number of anilines is 2. The Morgan fingerprint density at radius 3 is 2.64 bits per heavy atom. The fraction of sp³-hybridized carbons (Fsp3) is 0.235. The number of amides is 1. The topological polar surface area (TPSA) is 89.6 Å². The lowest BCUT2D eigenvalue weighted by atomic mass is 10.2. The van der Waals surface area contributed by atoms with Gasteiger partial charge in [0.2, 0.25) is 0 Å². The van der Waals surface area contributed by atoms with Gasteiger partial charge in [0.1, 0.15) is 5.69 Å². The minimum Gasteiger partial charge on any atom is -0.465 e. The fourth-order valence-electron chi connectivity index (χ4n) is 1.98. The minimum atomic E-state index is -0.457. The summed E-state index contributed by atoms with van der Waals surface area (Å²) in [6.07, 6.45) is 1.51. The molecule has 0 bridgehead atoms. The summed E-state index contributed by atoms with van der Waals surface area (Å²) in [4.78, 5) is 27.6. The Morgan fingerprint density at radius 2 is 2.00 bits per heavy atom. The molecule has 1 aromatic carbocycles. The van der Waals surface area contributed by atoms with Gasteiger partial charge < -0.3 is 20.1 Å². The van der Waals surface area contributed by atoms with Crippen LogP contribution in [0.15, 0.2) is 36.5 Å². The molecule has 0 radical (unpaired) electrons. The first-order chi connectivity index (χ1) is 12.0. The standard InChI is InChI=1S/C17H18ClN3O4/c1-24-8-7-19-16(22)14-6-4-12(10-20-14)21-15-9-11(17(23)25-2)3-5-13(15)18/h3-6,9-10,21H,7-8H2,1-2H3,(H,19,22). The normalized spacial score (nSPS) is 10.2. The van der Waals surface area contributed by atoms with Gasteiger partial charge in [0.05, 0.1) is 41.9 Å². The number of hydrogen-bond donors (Lipinski definition) is 2. The van der Waals surface area contributed by atoms with Crippen molar-refractivity contribution in [3.63, 3.8) is 0 Å². The number of esters is 1. The lowest BCUT2D eigenvalue weighted by Gasteiger charge is -2.10. The molecule has 25 heavy (non-hydrogen) atoms. The smallest absolute Gasteiger partial charge is 0.337 e. The number of nitrogens with one attached hydrogen (secondary N) is 2. The molecule has 0 spiro atoms. The van der Waals surface area contributed by atoms with Crippen LogP contribution < -0.4 is 10.6 Å². The number of rotatable bonds is 7. The molecule has 0 aliphatic heterocycles. The molecule has 0 unspecified atom stereocenters. The Balaban J connectivity index is 2.08. The molecule has 0 saturated heterocycles. The van der Waals surface area contributed by atoms with E-state index in [1.54, 1.807) is 37.4 Å². The van der Waals surface area contributed by atoms with Crippen LogP contribution in [0.4, 0.5) is 11.4 Å². The van der Waals surface area contributed by atoms with Crippen molar-refractivity contribution in [3.05, 3.63) is 52.8 Å². The number of halogens is 1. The summed E-state index contributed by atoms with van der Waals surface area (Å²) in [6, 6.07) is 8.04. The number of ether oxygens (including phenoxy) is 2. The van der Waals surface area contributed by atoms with Crippen molar-refractivity contribution in [2.75, 3.05) is 32.7 Å². The maximum Gasteiger partial charge on any atom is 0.337 e. The van der Waals surface area contributed by atoms with Gasteiger partial charge >= 0.3 is 5.97 Å². The van der Waals surface area contributed by atoms with Gasteiger partial charge in [0.25, 0.3) is 5.91 Å². The van der Waals surface area contributed by atoms with E-state index < -0.39 is 5.97 Å². The molecule has 0 aliphatic rings. The SMILES string of the molecule is COCCNC(=O)c1ccc(Nc2cc(C(=O)OC)ccc2Cl)cn1. The Morgan fingerprint density at radius 1 is 1.20 bits per heavy atom. The van der Waals surface area contributed by atoms with Crippen molar-refractivity contribution >= 4 is 34.9 Å². The van der Waals surface area contributed by atoms with E-state index in [1.807, 2.05) is 0 Å². The molecule has 2 N–H and O–H groups in total. The van der Waals surface area contributed by atoms with E-state index in [-0.39, 0.29) is 11.6 Å². The summed E-state index contributed by atoms with van der Waals surface area (Å²) >= 11 is 6.14. The molecule has 8 heteroatoms. The Labute approximate surface area is 150 Å². The van der Waals surface area contributed by atoms with Gasteiger partial charge in [-0.2, -0.15) is 0 Å². The van der Waals surface area contributed by atoms with Gasteiger partial charge in [-0.05, 0) is 30.3 Å². The van der Waals surface area contributed by atoms with Gasteiger partial charge in [0.15, 0.2) is 0 Å². The van der Waals surface area contributed by atoms with E-state index in [9.17, 15) is 9.59 Å². The van der Waals surface area contributed by atoms with Gasteiger partial charge in [0, 0.05) is 13.7 Å². The van der Waals surface area contributed by atoms with Crippen molar-refractivity contribution in [2.24, 2.45) is 0 Å². The highest BCUT2D eigenvalue weighted by atomic mass is 35.5. The number of pyridine rings is 1. The highest BCUT2D eigenvalue weighted by Gasteiger charge is 2.10. The van der Waals surface area contributed by atoms with Crippen LogP contribution in [0.1, 0.15) is 20.8 Å². The molecule has 0 saturated carbocycles. The minimum absolute atomic E-state index is 0.283. The predicted molar refractivity (Wildman–Crippen MR) is 94.5 cm³/mol. The molecule has 0 atom stereocenters. The lowest BCUT2D eigenvalue weighted by molar-refractivity contribution is 0.0600. The van der Waals surface area contributed by atoms with E-state index in [0.29, 0.717) is 35.1 Å². The van der Waals surface area contributed by atoms with Gasteiger partial charge in [-0.3, -0.25) is 4.79 Å². The lowest BCUT2D eigenvalue weighted by Crippen LogP contribution is -2.27. The number of nitrogens with zero attached hydrogens (tertiary/aromatic N) is 1. The summed E-state index contributed by atoms with van der Waals surface area (Å²) in [7, 11) is 2.87. The van der Waals surface area contributed by atoms with Crippen LogP contribution in [-0.4, -0.2) is 44.2 Å². The molecule has 132 valence electrons. The maximum absolute atomic E-state index is 11.9. The third kappa shape index (κ3) is 5.17. The van der Waals surface area contributed by atoms with Crippen molar-refractivity contribution in [2.45, 2.75) is 0 Å². The molecule has 1 heterocycles. The Kier molecular flexibility index (Phi) is 6.73. The van der Waals surface area contributed by atoms with Gasteiger partial charge in [-0.25, -0.2) is 9.78 Å². The summed E-state index contributed by atoms with van der Waals surface area (Å²) in [5.74, 6) is -0.741. The number of carbonyl (C=O) groups is 2. The largest absolute Gasteiger partial charge is 0.465 e. The van der Waals surface area contributed by atoms with E-state index in [4.69, 9.17) is 16.3 Å². The van der Waals surface area contributed by atoms with E-state index in [1.165, 1.54) is 13.3 Å². The first kappa shape index (κ1) is 18.7. The third-order valence-electron chi connectivity index (χ3n) is 3.25. The molecule has 0 aliphatic carbocycles. The first-order valence-electron chi connectivity index (χ1n) is 7.43. The second kappa shape index (κ2) is 9.00. The van der Waals surface area contributed by atoms with Gasteiger partial charge in [-0.15, -0.1) is 0 Å². The molecular weight excluding hydrogens is 346 g/mol. The second-order valence-corrected chi connectivity index (χ2v) is 5.40. The quantitative estimate of drug-likeness (QED) is 0.580. The summed E-state index contributed by atoms with van der Waals surface area (Å²) < 4.78 is 9.56. The van der Waals surface area contributed by atoms with Crippen LogP contribution >= 0.6 is 11.6 Å². The molecule has 7 nitrogen and oxygen atoms in total. The molecule has 1 amide bonds. The fourth-order valence-corrected chi connectivity index (χ4v) is 2.15. The second-order valence-electron chi connectivity index (χ2n) is 4.99. The third-order valence-corrected chi connectivity index (χ3v) is 3.58. The number of aromatic nitrogens is 1. The van der Waals surface area contributed by atoms with Crippen LogP contribution in [0.5, 0.6) is 0 Å². The van der Waals surface area contributed by atoms with Crippen LogP contribution in [0.3, 0.4) is 0 Å². The zero-order valence-electron chi connectivity index (χ0n) is 13.8. The average Bonchev–Trinajstić information content (AvgIpc) is 2.63. The van der Waals surface area contributed by atoms with Crippen molar-refractivity contribution < 1.29 is 19.1 Å². The predicted octanol–water partition coefficient (Wildman–Crippen LogP) is 2.64. The molecule has 2 aromatic rings. The van der Waals surface area contributed by atoms with E-state index in [0.717, 1.165) is 0 Å². The highest BCUT2D eigenvalue weighted by Crippen LogP contribution is 2.26. The molecular formula is C17H18ClN3O4. The average molecular weight is 364 g/mol. The number of hydrogen-bond acceptors (Lipinski definition) is 6. The number of benzene rings is 1. The Bertz CT molecular complexity index is 750. The zero-order chi connectivity index (χ0) is 18.2. The van der Waals surface area contributed by atoms with Crippen molar-refractivity contribution in [1.82, 2.24) is 10.3 Å². The highest BCUT2D eigenvalue weighted by molar-refractivity contribution is 6.33. The monoisotopic (exact) mass is 363 g/mol. The van der Waals surface area contributed by atoms with E-state index >= 15 is 0 Å². The summed E-state index contributed by atoms with van der Waals surface area (Å²) in [5, 5.41) is 6.18. The van der Waals surface area contributed by atoms with Crippen LogP contribution in [0.2, 0.25) is 5.02 Å². The molecule has 0 fully saturated rings. The van der Waals surface area contributed by atoms with Crippen LogP contribution in [-0.2, 0) is 9.47 Å². The summed E-state index contributed by atoms with van der Waals surface area (Å²) in [6.45, 7) is 0.841. The maximum atomic E-state index is 11.9. The number of carbonyl (C=O) groups excluding carboxylic acids is 2.